The summed E-state index contributed by atoms with van der Waals surface area (Å²) in [5, 5.41) is 14.9. The van der Waals surface area contributed by atoms with Crippen molar-refractivity contribution in [3.8, 4) is 0 Å². The van der Waals surface area contributed by atoms with Gasteiger partial charge in [-0.15, -0.1) is 0 Å². The molecule has 6 rings (SSSR count). The maximum absolute atomic E-state index is 12.8. The number of nitrogens with one attached hydrogen (secondary N) is 2. The average Bonchev–Trinajstić information content (AvgIpc) is 3.41. The van der Waals surface area contributed by atoms with Gasteiger partial charge in [0.1, 0.15) is 5.82 Å². The summed E-state index contributed by atoms with van der Waals surface area (Å²) in [5.41, 5.74) is 6.60. The zero-order valence-corrected chi connectivity index (χ0v) is 18.7. The van der Waals surface area contributed by atoms with Crippen LogP contribution in [0.15, 0.2) is 24.5 Å². The van der Waals surface area contributed by atoms with Gasteiger partial charge in [0.15, 0.2) is 0 Å². The van der Waals surface area contributed by atoms with Crippen molar-refractivity contribution in [1.82, 2.24) is 30.3 Å². The number of carbonyl (C=O) groups is 1. The summed E-state index contributed by atoms with van der Waals surface area (Å²) >= 11 is 0. The number of fused-ring (bicyclic) bond motifs is 1. The Kier molecular flexibility index (Phi) is 4.38. The zero-order valence-electron chi connectivity index (χ0n) is 18.7. The lowest BCUT2D eigenvalue weighted by atomic mass is 9.63. The molecule has 0 aromatic carbocycles. The maximum atomic E-state index is 12.8. The van der Waals surface area contributed by atoms with E-state index in [2.05, 4.69) is 44.6 Å². The van der Waals surface area contributed by atoms with Gasteiger partial charge in [0, 0.05) is 36.1 Å². The van der Waals surface area contributed by atoms with Gasteiger partial charge in [-0.3, -0.25) is 14.6 Å². The number of H-pyrrole nitrogens is 1. The second-order valence-electron chi connectivity index (χ2n) is 9.83. The third kappa shape index (κ3) is 3.20. The van der Waals surface area contributed by atoms with Crippen molar-refractivity contribution in [3.05, 3.63) is 58.3 Å². The minimum atomic E-state index is -0.109. The summed E-state index contributed by atoms with van der Waals surface area (Å²) in [6.07, 6.45) is 9.41. The van der Waals surface area contributed by atoms with Gasteiger partial charge in [0.25, 0.3) is 5.91 Å². The van der Waals surface area contributed by atoms with Crippen molar-refractivity contribution in [2.24, 2.45) is 5.41 Å². The van der Waals surface area contributed by atoms with E-state index in [0.29, 0.717) is 17.5 Å². The van der Waals surface area contributed by atoms with E-state index >= 15 is 0 Å². The summed E-state index contributed by atoms with van der Waals surface area (Å²) in [7, 11) is 0. The molecule has 3 aromatic rings. The van der Waals surface area contributed by atoms with E-state index in [4.69, 9.17) is 4.98 Å². The fourth-order valence-electron chi connectivity index (χ4n) is 5.46. The molecule has 32 heavy (non-hydrogen) atoms. The first kappa shape index (κ1) is 19.5. The Morgan fingerprint density at radius 2 is 2.12 bits per heavy atom. The molecule has 1 atom stereocenters. The molecule has 1 saturated carbocycles. The molecule has 4 heterocycles. The van der Waals surface area contributed by atoms with Crippen molar-refractivity contribution in [2.45, 2.75) is 58.5 Å². The largest absolute Gasteiger partial charge is 0.355 e. The van der Waals surface area contributed by atoms with Crippen LogP contribution in [0.25, 0.3) is 0 Å². The second-order valence-corrected chi connectivity index (χ2v) is 9.83. The van der Waals surface area contributed by atoms with Crippen molar-refractivity contribution in [3.63, 3.8) is 0 Å². The standard InChI is InChI=1S/C24H29N7O/c1-15-17(4-7-21(26-15)30-13-24(14-30)8-3-9-24)11-31-12-18(10-25-31)23(32)27-20-6-5-19-16(2)28-29-22(19)20/h4,7,10,12,20H,3,5-6,8-9,11,13-14H2,1-2H3,(H,27,32)(H,28,29)/t20-/m1/s1. The van der Waals surface area contributed by atoms with Crippen LogP contribution < -0.4 is 10.2 Å². The van der Waals surface area contributed by atoms with Gasteiger partial charge in [0.2, 0.25) is 0 Å². The molecule has 166 valence electrons. The van der Waals surface area contributed by atoms with Crippen molar-refractivity contribution in [2.75, 3.05) is 18.0 Å². The molecule has 0 unspecified atom stereocenters. The zero-order chi connectivity index (χ0) is 21.9. The van der Waals surface area contributed by atoms with Crippen LogP contribution >= 0.6 is 0 Å². The summed E-state index contributed by atoms with van der Waals surface area (Å²) in [5.74, 6) is 0.969. The Bertz CT molecular complexity index is 1180. The molecule has 8 nitrogen and oxygen atoms in total. The molecule has 2 aliphatic carbocycles. The summed E-state index contributed by atoms with van der Waals surface area (Å²) in [6, 6.07) is 4.23. The molecule has 1 saturated heterocycles. The smallest absolute Gasteiger partial charge is 0.255 e. The van der Waals surface area contributed by atoms with E-state index in [1.54, 1.807) is 6.20 Å². The summed E-state index contributed by atoms with van der Waals surface area (Å²) in [6.45, 7) is 6.98. The highest BCUT2D eigenvalue weighted by Crippen LogP contribution is 2.49. The molecule has 2 fully saturated rings. The fourth-order valence-corrected chi connectivity index (χ4v) is 5.46. The Balaban J connectivity index is 1.10. The Labute approximate surface area is 187 Å². The van der Waals surface area contributed by atoms with E-state index < -0.39 is 0 Å². The van der Waals surface area contributed by atoms with Gasteiger partial charge < -0.3 is 10.2 Å². The summed E-state index contributed by atoms with van der Waals surface area (Å²) in [4.78, 5) is 20.0. The lowest BCUT2D eigenvalue weighted by Gasteiger charge is -2.56. The van der Waals surface area contributed by atoms with E-state index in [1.165, 1.54) is 24.8 Å². The number of anilines is 1. The quantitative estimate of drug-likeness (QED) is 0.648. The van der Waals surface area contributed by atoms with E-state index in [0.717, 1.165) is 54.4 Å². The van der Waals surface area contributed by atoms with Crippen LogP contribution in [0.1, 0.15) is 70.3 Å². The third-order valence-corrected chi connectivity index (χ3v) is 7.62. The molecule has 1 aliphatic heterocycles. The van der Waals surface area contributed by atoms with Crippen molar-refractivity contribution < 1.29 is 4.79 Å². The fraction of sp³-hybridized carbons (Fsp3) is 0.500. The monoisotopic (exact) mass is 431 g/mol. The third-order valence-electron chi connectivity index (χ3n) is 7.62. The van der Waals surface area contributed by atoms with Gasteiger partial charge in [-0.2, -0.15) is 10.2 Å². The second kappa shape index (κ2) is 7.18. The van der Waals surface area contributed by atoms with Crippen LogP contribution in [0, 0.1) is 19.3 Å². The summed E-state index contributed by atoms with van der Waals surface area (Å²) < 4.78 is 1.81. The number of hydrogen-bond acceptors (Lipinski definition) is 5. The average molecular weight is 432 g/mol. The van der Waals surface area contributed by atoms with Crippen molar-refractivity contribution >= 4 is 11.7 Å². The van der Waals surface area contributed by atoms with E-state index in [-0.39, 0.29) is 11.9 Å². The lowest BCUT2D eigenvalue weighted by molar-refractivity contribution is 0.0896. The first-order valence-electron chi connectivity index (χ1n) is 11.6. The van der Waals surface area contributed by atoms with Crippen LogP contribution in [-0.4, -0.2) is 44.0 Å². The molecule has 1 spiro atoms. The number of pyridine rings is 1. The number of nitrogens with zero attached hydrogens (tertiary/aromatic N) is 5. The molecule has 3 aliphatic rings. The van der Waals surface area contributed by atoms with Gasteiger partial charge in [-0.25, -0.2) is 4.98 Å². The molecule has 1 amide bonds. The predicted octanol–water partition coefficient (Wildman–Crippen LogP) is 3.07. The first-order valence-corrected chi connectivity index (χ1v) is 11.6. The van der Waals surface area contributed by atoms with Gasteiger partial charge in [0.05, 0.1) is 30.0 Å². The van der Waals surface area contributed by atoms with E-state index in [1.807, 2.05) is 17.8 Å². The SMILES string of the molecule is Cc1nc(N2CC3(CCC3)C2)ccc1Cn1cc(C(=O)N[C@@H]2CCc3c2n[nH]c3C)cn1. The molecular formula is C24H29N7O. The molecule has 2 N–H and O–H groups in total. The van der Waals surface area contributed by atoms with Crippen LogP contribution in [-0.2, 0) is 13.0 Å². The number of aromatic nitrogens is 5. The highest BCUT2D eigenvalue weighted by atomic mass is 16.1. The van der Waals surface area contributed by atoms with Crippen LogP contribution in [0.4, 0.5) is 5.82 Å². The minimum absolute atomic E-state index is 0.0367. The van der Waals surface area contributed by atoms with E-state index in [9.17, 15) is 4.79 Å². The number of carbonyl (C=O) groups excluding carboxylic acids is 1. The number of amides is 1. The number of aryl methyl sites for hydroxylation is 2. The minimum Gasteiger partial charge on any atom is -0.355 e. The molecular weight excluding hydrogens is 402 g/mol. The molecule has 3 aromatic heterocycles. The lowest BCUT2D eigenvalue weighted by Crippen LogP contribution is -2.60. The Hall–Kier alpha value is -3.16. The van der Waals surface area contributed by atoms with Crippen LogP contribution in [0.3, 0.4) is 0 Å². The van der Waals surface area contributed by atoms with Crippen LogP contribution in [0.2, 0.25) is 0 Å². The predicted molar refractivity (Wildman–Crippen MR) is 121 cm³/mol. The number of aromatic amines is 1. The number of hydrogen-bond donors (Lipinski definition) is 2. The maximum Gasteiger partial charge on any atom is 0.255 e. The topological polar surface area (TPSA) is 91.7 Å². The van der Waals surface area contributed by atoms with Gasteiger partial charge >= 0.3 is 0 Å². The molecule has 8 heteroatoms. The van der Waals surface area contributed by atoms with Gasteiger partial charge in [-0.1, -0.05) is 12.5 Å². The molecule has 0 radical (unpaired) electrons. The highest BCUT2D eigenvalue weighted by molar-refractivity contribution is 5.94. The Morgan fingerprint density at radius 3 is 2.88 bits per heavy atom. The van der Waals surface area contributed by atoms with Crippen LogP contribution in [0.5, 0.6) is 0 Å². The molecule has 0 bridgehead atoms. The van der Waals surface area contributed by atoms with Crippen molar-refractivity contribution in [1.29, 1.82) is 0 Å². The number of rotatable bonds is 5. The Morgan fingerprint density at radius 1 is 1.28 bits per heavy atom. The van der Waals surface area contributed by atoms with Gasteiger partial charge in [-0.05, 0) is 56.7 Å². The first-order chi connectivity index (χ1) is 15.5. The normalized spacial score (nSPS) is 20.7. The highest BCUT2D eigenvalue weighted by Gasteiger charge is 2.47.